The number of carbonyl (C=O) groups is 2. The fraction of sp³-hybridized carbons (Fsp3) is 0.300. The predicted molar refractivity (Wildman–Crippen MR) is 122 cm³/mol. The summed E-state index contributed by atoms with van der Waals surface area (Å²) in [6, 6.07) is 12.9. The van der Waals surface area contributed by atoms with Crippen LogP contribution >= 0.6 is 27.5 Å². The number of nitrogens with one attached hydrogen (secondary N) is 1. The zero-order valence-electron chi connectivity index (χ0n) is 16.8. The first-order chi connectivity index (χ1) is 14.0. The highest BCUT2D eigenvalue weighted by Crippen LogP contribution is 2.27. The van der Waals surface area contributed by atoms with Crippen LogP contribution in [0.2, 0.25) is 5.02 Å². The van der Waals surface area contributed by atoms with Crippen LogP contribution in [0.15, 0.2) is 53.0 Å². The summed E-state index contributed by atoms with van der Waals surface area (Å²) in [7, 11) is -2.33. The first-order valence-corrected chi connectivity index (χ1v) is 12.0. The third kappa shape index (κ3) is 6.20. The van der Waals surface area contributed by atoms with Crippen LogP contribution < -0.4 is 9.62 Å². The normalized spacial score (nSPS) is 12.2. The monoisotopic (exact) mass is 515 g/mol. The molecule has 2 rings (SSSR count). The Balaban J connectivity index is 2.40. The van der Waals surface area contributed by atoms with Crippen molar-refractivity contribution < 1.29 is 18.0 Å². The molecule has 1 atom stereocenters. The zero-order chi connectivity index (χ0) is 22.5. The van der Waals surface area contributed by atoms with Gasteiger partial charge in [0.25, 0.3) is 0 Å². The van der Waals surface area contributed by atoms with Gasteiger partial charge >= 0.3 is 0 Å². The number of benzene rings is 2. The van der Waals surface area contributed by atoms with Gasteiger partial charge in [-0.2, -0.15) is 0 Å². The first kappa shape index (κ1) is 24.2. The number of rotatable bonds is 8. The van der Waals surface area contributed by atoms with Gasteiger partial charge in [0.1, 0.15) is 12.6 Å². The molecule has 2 aromatic rings. The number of hydrogen-bond donors (Lipinski definition) is 1. The van der Waals surface area contributed by atoms with E-state index in [1.165, 1.54) is 18.0 Å². The van der Waals surface area contributed by atoms with Gasteiger partial charge in [-0.05, 0) is 36.8 Å². The topological polar surface area (TPSA) is 86.8 Å². The van der Waals surface area contributed by atoms with Crippen molar-refractivity contribution in [2.24, 2.45) is 0 Å². The molecule has 30 heavy (non-hydrogen) atoms. The second-order valence-electron chi connectivity index (χ2n) is 6.66. The number of para-hydroxylation sites is 1. The lowest BCUT2D eigenvalue weighted by molar-refractivity contribution is -0.139. The molecule has 1 N–H and O–H groups in total. The van der Waals surface area contributed by atoms with Crippen LogP contribution in [-0.4, -0.2) is 51.0 Å². The molecule has 162 valence electrons. The number of likely N-dealkylation sites (N-methyl/N-ethyl adjacent to an activating group) is 1. The van der Waals surface area contributed by atoms with E-state index in [1.54, 1.807) is 25.1 Å². The Morgan fingerprint density at radius 3 is 2.40 bits per heavy atom. The predicted octanol–water partition coefficient (Wildman–Crippen LogP) is 3.03. The number of anilines is 1. The Hall–Kier alpha value is -2.10. The van der Waals surface area contributed by atoms with Crippen molar-refractivity contribution in [3.05, 3.63) is 63.6 Å². The molecule has 0 radical (unpaired) electrons. The van der Waals surface area contributed by atoms with E-state index < -0.39 is 28.5 Å². The van der Waals surface area contributed by atoms with E-state index in [1.807, 2.05) is 24.3 Å². The molecule has 10 heteroatoms. The van der Waals surface area contributed by atoms with Crippen LogP contribution in [0.25, 0.3) is 0 Å². The number of halogens is 2. The number of hydrogen-bond acceptors (Lipinski definition) is 4. The molecule has 0 spiro atoms. The van der Waals surface area contributed by atoms with Gasteiger partial charge in [-0.3, -0.25) is 13.9 Å². The molecule has 2 amide bonds. The van der Waals surface area contributed by atoms with Crippen molar-refractivity contribution in [3.8, 4) is 0 Å². The molecule has 0 fully saturated rings. The minimum Gasteiger partial charge on any atom is -0.357 e. The smallest absolute Gasteiger partial charge is 0.244 e. The summed E-state index contributed by atoms with van der Waals surface area (Å²) in [5.41, 5.74) is 0.988. The molecule has 0 saturated carbocycles. The maximum absolute atomic E-state index is 13.2. The summed E-state index contributed by atoms with van der Waals surface area (Å²) in [6.45, 7) is 1.24. The summed E-state index contributed by atoms with van der Waals surface area (Å²) in [6.07, 6.45) is 1.00. The minimum atomic E-state index is -3.81. The largest absolute Gasteiger partial charge is 0.357 e. The average molecular weight is 517 g/mol. The van der Waals surface area contributed by atoms with Crippen molar-refractivity contribution >= 4 is 55.1 Å². The molecule has 1 unspecified atom stereocenters. The fourth-order valence-corrected chi connectivity index (χ4v) is 4.47. The maximum atomic E-state index is 13.2. The Bertz CT molecular complexity index is 1030. The van der Waals surface area contributed by atoms with Gasteiger partial charge in [0.05, 0.1) is 17.0 Å². The summed E-state index contributed by atoms with van der Waals surface area (Å²) < 4.78 is 26.6. The summed E-state index contributed by atoms with van der Waals surface area (Å²) in [4.78, 5) is 26.8. The lowest BCUT2D eigenvalue weighted by Crippen LogP contribution is -2.50. The highest BCUT2D eigenvalue weighted by Gasteiger charge is 2.30. The second-order valence-corrected chi connectivity index (χ2v) is 9.89. The number of amides is 2. The molecule has 0 aliphatic rings. The van der Waals surface area contributed by atoms with E-state index in [0.717, 1.165) is 20.6 Å². The highest BCUT2D eigenvalue weighted by molar-refractivity contribution is 9.10. The molecule has 0 saturated heterocycles. The van der Waals surface area contributed by atoms with E-state index >= 15 is 0 Å². The molecule has 0 aromatic heterocycles. The SMILES string of the molecule is CNC(=O)C(C)N(Cc1cccc(Br)c1)C(=O)CN(c1ccccc1Cl)S(C)(=O)=O. The average Bonchev–Trinajstić information content (AvgIpc) is 2.69. The van der Waals surface area contributed by atoms with Crippen molar-refractivity contribution in [1.82, 2.24) is 10.2 Å². The van der Waals surface area contributed by atoms with Gasteiger partial charge in [0.2, 0.25) is 21.8 Å². The van der Waals surface area contributed by atoms with Crippen LogP contribution in [0.3, 0.4) is 0 Å². The van der Waals surface area contributed by atoms with Crippen LogP contribution in [0.1, 0.15) is 12.5 Å². The van der Waals surface area contributed by atoms with Gasteiger partial charge in [-0.25, -0.2) is 8.42 Å². The highest BCUT2D eigenvalue weighted by atomic mass is 79.9. The third-order valence-electron chi connectivity index (χ3n) is 4.46. The Morgan fingerprint density at radius 2 is 1.83 bits per heavy atom. The summed E-state index contributed by atoms with van der Waals surface area (Å²) in [5, 5.41) is 2.73. The van der Waals surface area contributed by atoms with Gasteiger partial charge in [0.15, 0.2) is 0 Å². The zero-order valence-corrected chi connectivity index (χ0v) is 20.0. The van der Waals surface area contributed by atoms with Crippen molar-refractivity contribution in [1.29, 1.82) is 0 Å². The molecular formula is C20H23BrClN3O4S. The Morgan fingerprint density at radius 1 is 1.17 bits per heavy atom. The van der Waals surface area contributed by atoms with Crippen LogP contribution in [-0.2, 0) is 26.2 Å². The van der Waals surface area contributed by atoms with E-state index in [-0.39, 0.29) is 23.2 Å². The fourth-order valence-electron chi connectivity index (χ4n) is 2.87. The van der Waals surface area contributed by atoms with Crippen LogP contribution in [0.5, 0.6) is 0 Å². The molecule has 7 nitrogen and oxygen atoms in total. The maximum Gasteiger partial charge on any atom is 0.244 e. The minimum absolute atomic E-state index is 0.132. The number of carbonyl (C=O) groups excluding carboxylic acids is 2. The van der Waals surface area contributed by atoms with Gasteiger partial charge in [0, 0.05) is 18.1 Å². The Kier molecular flexibility index (Phi) is 8.28. The van der Waals surface area contributed by atoms with Gasteiger partial charge in [-0.15, -0.1) is 0 Å². The summed E-state index contributed by atoms with van der Waals surface area (Å²) in [5.74, 6) is -0.890. The number of nitrogens with zero attached hydrogens (tertiary/aromatic N) is 2. The van der Waals surface area contributed by atoms with Gasteiger partial charge < -0.3 is 10.2 Å². The van der Waals surface area contributed by atoms with E-state index in [0.29, 0.717) is 0 Å². The molecular weight excluding hydrogens is 494 g/mol. The van der Waals surface area contributed by atoms with Crippen molar-refractivity contribution in [2.75, 3.05) is 24.2 Å². The van der Waals surface area contributed by atoms with E-state index in [4.69, 9.17) is 11.6 Å². The molecule has 0 aliphatic heterocycles. The molecule has 0 bridgehead atoms. The molecule has 0 heterocycles. The first-order valence-electron chi connectivity index (χ1n) is 9.02. The van der Waals surface area contributed by atoms with Crippen LogP contribution in [0, 0.1) is 0 Å². The lowest BCUT2D eigenvalue weighted by Gasteiger charge is -2.31. The van der Waals surface area contributed by atoms with E-state index in [2.05, 4.69) is 21.2 Å². The Labute approximate surface area is 190 Å². The molecule has 2 aromatic carbocycles. The third-order valence-corrected chi connectivity index (χ3v) is 6.40. The standard InChI is InChI=1S/C20H23BrClN3O4S/c1-14(20(27)23-2)24(12-15-7-6-8-16(21)11-15)19(26)13-25(30(3,28)29)18-10-5-4-9-17(18)22/h4-11,14H,12-13H2,1-3H3,(H,23,27). The van der Waals surface area contributed by atoms with E-state index in [9.17, 15) is 18.0 Å². The number of sulfonamides is 1. The summed E-state index contributed by atoms with van der Waals surface area (Å²) >= 11 is 9.56. The van der Waals surface area contributed by atoms with Crippen LogP contribution in [0.4, 0.5) is 5.69 Å². The van der Waals surface area contributed by atoms with Gasteiger partial charge in [-0.1, -0.05) is 51.8 Å². The van der Waals surface area contributed by atoms with Crippen molar-refractivity contribution in [3.63, 3.8) is 0 Å². The van der Waals surface area contributed by atoms with Crippen molar-refractivity contribution in [2.45, 2.75) is 19.5 Å². The second kappa shape index (κ2) is 10.3. The quantitative estimate of drug-likeness (QED) is 0.584. The molecule has 0 aliphatic carbocycles. The lowest BCUT2D eigenvalue weighted by atomic mass is 10.1.